The zero-order valence-corrected chi connectivity index (χ0v) is 13.5. The van der Waals surface area contributed by atoms with Crippen LogP contribution >= 0.6 is 46.4 Å². The van der Waals surface area contributed by atoms with E-state index in [0.29, 0.717) is 15.1 Å². The first-order chi connectivity index (χ1) is 9.97. The average Bonchev–Trinajstić information content (AvgIpc) is 2.69. The predicted molar refractivity (Wildman–Crippen MR) is 86.0 cm³/mol. The van der Waals surface area contributed by atoms with Gasteiger partial charge in [0.1, 0.15) is 6.61 Å². The second-order valence-electron chi connectivity index (χ2n) is 4.68. The third-order valence-electron chi connectivity index (χ3n) is 3.48. The Balaban J connectivity index is 2.17. The Bertz CT molecular complexity index is 743. The molecule has 0 radical (unpaired) electrons. The molecule has 0 aliphatic heterocycles. The molecule has 0 heterocycles. The lowest BCUT2D eigenvalue weighted by Gasteiger charge is -2.13. The molecule has 0 N–H and O–H groups in total. The number of ether oxygens (including phenoxy) is 1. The number of hydrogen-bond donors (Lipinski definition) is 0. The largest absolute Gasteiger partial charge is 0.453 e. The highest BCUT2D eigenvalue weighted by Crippen LogP contribution is 2.49. The molecule has 6 heteroatoms. The van der Waals surface area contributed by atoms with E-state index in [-0.39, 0.29) is 12.5 Å². The van der Waals surface area contributed by atoms with Gasteiger partial charge >= 0.3 is 5.43 Å². The first-order valence-corrected chi connectivity index (χ1v) is 7.59. The summed E-state index contributed by atoms with van der Waals surface area (Å²) in [5, 5.41) is 1.69. The van der Waals surface area contributed by atoms with Crippen LogP contribution in [0.2, 0.25) is 15.1 Å². The maximum atomic E-state index is 10.9. The van der Waals surface area contributed by atoms with Crippen LogP contribution in [-0.2, 0) is 4.74 Å². The third kappa shape index (κ3) is 2.74. The number of fused-ring (bicyclic) bond motifs is 3. The highest BCUT2D eigenvalue weighted by Gasteiger charge is 2.32. The minimum atomic E-state index is -0.847. The molecule has 3 rings (SSSR count). The molecule has 1 atom stereocenters. The highest BCUT2D eigenvalue weighted by atomic mass is 35.5. The molecule has 0 amide bonds. The molecule has 0 fully saturated rings. The molecule has 108 valence electrons. The summed E-state index contributed by atoms with van der Waals surface area (Å²) >= 11 is 23.7. The molecule has 1 unspecified atom stereocenters. The Hall–Kier alpha value is -0.930. The Morgan fingerprint density at radius 3 is 2.48 bits per heavy atom. The zero-order valence-electron chi connectivity index (χ0n) is 10.5. The summed E-state index contributed by atoms with van der Waals surface area (Å²) < 4.78 is 4.96. The molecule has 1 aliphatic rings. The van der Waals surface area contributed by atoms with Crippen LogP contribution in [0, 0.1) is 0 Å². The summed E-state index contributed by atoms with van der Waals surface area (Å²) in [4.78, 5) is 10.9. The van der Waals surface area contributed by atoms with Gasteiger partial charge in [0.25, 0.3) is 0 Å². The molecule has 2 aromatic carbocycles. The van der Waals surface area contributed by atoms with Crippen molar-refractivity contribution in [2.24, 2.45) is 0 Å². The van der Waals surface area contributed by atoms with Gasteiger partial charge in [0, 0.05) is 33.1 Å². The van der Waals surface area contributed by atoms with Crippen molar-refractivity contribution in [3.63, 3.8) is 0 Å². The quantitative estimate of drug-likeness (QED) is 0.601. The number of benzene rings is 2. The van der Waals surface area contributed by atoms with Crippen molar-refractivity contribution in [2.45, 2.75) is 5.92 Å². The standard InChI is InChI=1S/C15H8Cl4O2/c16-7-1-2-9-10(3-7)12(6-21-15(19)20)11-4-8(17)5-13(18)14(9)11/h1-5,12H,6H2. The monoisotopic (exact) mass is 360 g/mol. The van der Waals surface area contributed by atoms with Gasteiger partial charge in [-0.05, 0) is 41.0 Å². The summed E-state index contributed by atoms with van der Waals surface area (Å²) in [6.45, 7) is 0.110. The average molecular weight is 362 g/mol. The fourth-order valence-corrected chi connectivity index (χ4v) is 3.55. The van der Waals surface area contributed by atoms with E-state index in [2.05, 4.69) is 0 Å². The van der Waals surface area contributed by atoms with Crippen molar-refractivity contribution in [1.82, 2.24) is 0 Å². The van der Waals surface area contributed by atoms with E-state index in [1.165, 1.54) is 0 Å². The van der Waals surface area contributed by atoms with E-state index in [4.69, 9.17) is 51.1 Å². The molecule has 21 heavy (non-hydrogen) atoms. The Kier molecular flexibility index (Phi) is 4.06. The summed E-state index contributed by atoms with van der Waals surface area (Å²) in [5.74, 6) is -0.187. The van der Waals surface area contributed by atoms with Crippen LogP contribution in [-0.4, -0.2) is 12.0 Å². The highest BCUT2D eigenvalue weighted by molar-refractivity contribution is 6.61. The SMILES string of the molecule is O=C(Cl)OCC1c2cc(Cl)ccc2-c2c(Cl)cc(Cl)cc21. The van der Waals surface area contributed by atoms with Gasteiger partial charge in [0.2, 0.25) is 0 Å². The Labute approximate surface area is 141 Å². The van der Waals surface area contributed by atoms with Crippen LogP contribution < -0.4 is 0 Å². The molecule has 0 aromatic heterocycles. The topological polar surface area (TPSA) is 26.3 Å². The van der Waals surface area contributed by atoms with Gasteiger partial charge in [0.05, 0.1) is 5.02 Å². The van der Waals surface area contributed by atoms with Crippen LogP contribution in [0.5, 0.6) is 0 Å². The molecular formula is C15H8Cl4O2. The molecule has 1 aliphatic carbocycles. The number of carbonyl (C=O) groups excluding carboxylic acids is 1. The van der Waals surface area contributed by atoms with Gasteiger partial charge in [-0.25, -0.2) is 4.79 Å². The minimum absolute atomic E-state index is 0.110. The van der Waals surface area contributed by atoms with Crippen molar-refractivity contribution < 1.29 is 9.53 Å². The van der Waals surface area contributed by atoms with Crippen molar-refractivity contribution in [3.05, 3.63) is 56.5 Å². The molecule has 2 nitrogen and oxygen atoms in total. The molecular weight excluding hydrogens is 354 g/mol. The van der Waals surface area contributed by atoms with Crippen molar-refractivity contribution >= 4 is 51.8 Å². The number of carbonyl (C=O) groups is 1. The first kappa shape index (κ1) is 15.0. The van der Waals surface area contributed by atoms with E-state index in [1.54, 1.807) is 12.1 Å². The van der Waals surface area contributed by atoms with Crippen LogP contribution in [0.3, 0.4) is 0 Å². The zero-order chi connectivity index (χ0) is 15.1. The lowest BCUT2D eigenvalue weighted by molar-refractivity contribution is 0.170. The second kappa shape index (κ2) is 5.69. The predicted octanol–water partition coefficient (Wildman–Crippen LogP) is 6.13. The molecule has 0 bridgehead atoms. The summed E-state index contributed by atoms with van der Waals surface area (Å²) in [7, 11) is 0. The van der Waals surface area contributed by atoms with E-state index in [1.807, 2.05) is 18.2 Å². The van der Waals surface area contributed by atoms with Gasteiger partial charge in [-0.15, -0.1) is 0 Å². The first-order valence-electron chi connectivity index (χ1n) is 6.08. The van der Waals surface area contributed by atoms with Crippen LogP contribution in [0.15, 0.2) is 30.3 Å². The van der Waals surface area contributed by atoms with E-state index < -0.39 is 5.43 Å². The fourth-order valence-electron chi connectivity index (χ4n) is 2.70. The maximum Gasteiger partial charge on any atom is 0.403 e. The van der Waals surface area contributed by atoms with Crippen LogP contribution in [0.4, 0.5) is 4.79 Å². The van der Waals surface area contributed by atoms with E-state index >= 15 is 0 Å². The molecule has 2 aromatic rings. The minimum Gasteiger partial charge on any atom is -0.453 e. The van der Waals surface area contributed by atoms with Gasteiger partial charge in [-0.2, -0.15) is 0 Å². The smallest absolute Gasteiger partial charge is 0.403 e. The second-order valence-corrected chi connectivity index (χ2v) is 6.27. The Morgan fingerprint density at radius 2 is 1.76 bits per heavy atom. The number of hydrogen-bond acceptors (Lipinski definition) is 2. The van der Waals surface area contributed by atoms with Gasteiger partial charge in [0.15, 0.2) is 0 Å². The third-order valence-corrected chi connectivity index (χ3v) is 4.34. The number of halogens is 4. The number of rotatable bonds is 2. The van der Waals surface area contributed by atoms with Gasteiger partial charge in [-0.1, -0.05) is 40.9 Å². The van der Waals surface area contributed by atoms with Crippen LogP contribution in [0.25, 0.3) is 11.1 Å². The summed E-state index contributed by atoms with van der Waals surface area (Å²) in [6, 6.07) is 9.05. The lowest BCUT2D eigenvalue weighted by Crippen LogP contribution is -2.08. The molecule has 0 saturated carbocycles. The summed E-state index contributed by atoms with van der Waals surface area (Å²) in [5.41, 5.74) is 2.86. The van der Waals surface area contributed by atoms with Gasteiger partial charge in [-0.3, -0.25) is 0 Å². The molecule has 0 saturated heterocycles. The van der Waals surface area contributed by atoms with E-state index in [0.717, 1.165) is 22.3 Å². The van der Waals surface area contributed by atoms with Crippen molar-refractivity contribution in [1.29, 1.82) is 0 Å². The fraction of sp³-hybridized carbons (Fsp3) is 0.133. The summed E-state index contributed by atoms with van der Waals surface area (Å²) in [6.07, 6.45) is 0. The maximum absolute atomic E-state index is 10.9. The van der Waals surface area contributed by atoms with Crippen molar-refractivity contribution in [3.8, 4) is 11.1 Å². The molecule has 0 spiro atoms. The van der Waals surface area contributed by atoms with E-state index in [9.17, 15) is 4.79 Å². The van der Waals surface area contributed by atoms with Gasteiger partial charge < -0.3 is 4.74 Å². The van der Waals surface area contributed by atoms with Crippen molar-refractivity contribution in [2.75, 3.05) is 6.61 Å². The lowest BCUT2D eigenvalue weighted by atomic mass is 9.98. The Morgan fingerprint density at radius 1 is 1.05 bits per heavy atom. The van der Waals surface area contributed by atoms with Crippen LogP contribution in [0.1, 0.15) is 17.0 Å². The normalized spacial score (nSPS) is 15.5.